The van der Waals surface area contributed by atoms with Gasteiger partial charge < -0.3 is 14.2 Å². The minimum absolute atomic E-state index is 0.102. The Hall–Kier alpha value is -2.32. The molecule has 2 aromatic carbocycles. The number of hydrogen-bond donors (Lipinski definition) is 0. The molecule has 0 radical (unpaired) electrons. The van der Waals surface area contributed by atoms with Crippen LogP contribution in [0.15, 0.2) is 58.2 Å². The minimum atomic E-state index is 0.102. The van der Waals surface area contributed by atoms with Crippen molar-refractivity contribution in [2.45, 2.75) is 38.1 Å². The van der Waals surface area contributed by atoms with Crippen LogP contribution in [0.4, 0.5) is 5.69 Å². The van der Waals surface area contributed by atoms with Crippen molar-refractivity contribution in [2.24, 2.45) is 0 Å². The Kier molecular flexibility index (Phi) is 6.74. The number of ether oxygens (including phenoxy) is 1. The Bertz CT molecular complexity index is 1020. The third-order valence-electron chi connectivity index (χ3n) is 5.03. The van der Waals surface area contributed by atoms with Crippen LogP contribution in [0.3, 0.4) is 0 Å². The number of carbonyl (C=O) groups excluding carboxylic acids is 1. The van der Waals surface area contributed by atoms with Gasteiger partial charge in [0.1, 0.15) is 12.4 Å². The summed E-state index contributed by atoms with van der Waals surface area (Å²) in [6.45, 7) is 3.86. The average molecular weight is 487 g/mol. The van der Waals surface area contributed by atoms with Gasteiger partial charge in [0.25, 0.3) is 0 Å². The molecule has 6 nitrogen and oxygen atoms in total. The number of carbonyl (C=O) groups is 1. The Morgan fingerprint density at radius 1 is 1.17 bits per heavy atom. The summed E-state index contributed by atoms with van der Waals surface area (Å²) in [6, 6.07) is 15.8. The minimum Gasteiger partial charge on any atom is -0.486 e. The zero-order valence-electron chi connectivity index (χ0n) is 16.8. The van der Waals surface area contributed by atoms with Crippen LogP contribution >= 0.6 is 27.7 Å². The molecule has 8 heteroatoms. The van der Waals surface area contributed by atoms with Gasteiger partial charge in [-0.3, -0.25) is 4.79 Å². The molecular weight excluding hydrogens is 464 g/mol. The number of aromatic nitrogens is 3. The van der Waals surface area contributed by atoms with E-state index in [9.17, 15) is 4.79 Å². The first kappa shape index (κ1) is 20.9. The van der Waals surface area contributed by atoms with Crippen LogP contribution in [0.5, 0.6) is 5.75 Å². The topological polar surface area (TPSA) is 60.2 Å². The zero-order chi connectivity index (χ0) is 20.9. The van der Waals surface area contributed by atoms with Gasteiger partial charge in [0, 0.05) is 23.2 Å². The fraction of sp³-hybridized carbons (Fsp3) is 0.318. The highest BCUT2D eigenvalue weighted by molar-refractivity contribution is 9.10. The van der Waals surface area contributed by atoms with Gasteiger partial charge in [-0.05, 0) is 55.7 Å². The second-order valence-electron chi connectivity index (χ2n) is 6.95. The summed E-state index contributed by atoms with van der Waals surface area (Å²) in [7, 11) is 0. The summed E-state index contributed by atoms with van der Waals surface area (Å²) >= 11 is 4.85. The molecule has 0 spiro atoms. The molecule has 0 saturated carbocycles. The Morgan fingerprint density at radius 2 is 1.97 bits per heavy atom. The molecule has 2 heterocycles. The van der Waals surface area contributed by atoms with Crippen molar-refractivity contribution in [3.05, 3.63) is 64.4 Å². The third-order valence-corrected chi connectivity index (χ3v) is 6.51. The summed E-state index contributed by atoms with van der Waals surface area (Å²) in [5.74, 6) is 1.96. The van der Waals surface area contributed by atoms with Crippen molar-refractivity contribution in [3.8, 4) is 5.75 Å². The Balaban J connectivity index is 1.39. The van der Waals surface area contributed by atoms with Crippen molar-refractivity contribution in [1.82, 2.24) is 14.8 Å². The lowest BCUT2D eigenvalue weighted by atomic mass is 10.0. The van der Waals surface area contributed by atoms with Crippen LogP contribution in [0.2, 0.25) is 0 Å². The van der Waals surface area contributed by atoms with E-state index in [2.05, 4.69) is 32.2 Å². The van der Waals surface area contributed by atoms with Gasteiger partial charge in [-0.25, -0.2) is 0 Å². The number of benzene rings is 2. The largest absolute Gasteiger partial charge is 0.486 e. The second-order valence-corrected chi connectivity index (χ2v) is 8.81. The highest BCUT2D eigenvalue weighted by Crippen LogP contribution is 2.28. The van der Waals surface area contributed by atoms with Crippen LogP contribution in [0, 0.1) is 0 Å². The highest BCUT2D eigenvalue weighted by atomic mass is 79.9. The maximum Gasteiger partial charge on any atom is 0.237 e. The lowest BCUT2D eigenvalue weighted by Gasteiger charge is -2.29. The summed E-state index contributed by atoms with van der Waals surface area (Å²) in [5, 5.41) is 9.31. The van der Waals surface area contributed by atoms with E-state index in [1.807, 2.05) is 58.9 Å². The molecule has 0 bridgehead atoms. The molecule has 30 heavy (non-hydrogen) atoms. The van der Waals surface area contributed by atoms with Crippen LogP contribution in [-0.2, 0) is 24.4 Å². The molecular formula is C22H23BrN4O2S. The van der Waals surface area contributed by atoms with Crippen LogP contribution < -0.4 is 9.64 Å². The van der Waals surface area contributed by atoms with Crippen molar-refractivity contribution in [1.29, 1.82) is 0 Å². The molecule has 4 rings (SSSR count). The lowest BCUT2D eigenvalue weighted by Crippen LogP contribution is -2.36. The summed E-state index contributed by atoms with van der Waals surface area (Å²) < 4.78 is 8.84. The van der Waals surface area contributed by atoms with Gasteiger partial charge in [-0.1, -0.05) is 45.9 Å². The summed E-state index contributed by atoms with van der Waals surface area (Å²) in [6.07, 6.45) is 2.02. The van der Waals surface area contributed by atoms with E-state index in [-0.39, 0.29) is 5.91 Å². The number of amides is 1. The number of anilines is 1. The first-order valence-electron chi connectivity index (χ1n) is 9.97. The Morgan fingerprint density at radius 3 is 2.77 bits per heavy atom. The molecule has 0 unspecified atom stereocenters. The predicted molar refractivity (Wildman–Crippen MR) is 122 cm³/mol. The van der Waals surface area contributed by atoms with Gasteiger partial charge in [0.15, 0.2) is 11.0 Å². The number of nitrogens with zero attached hydrogens (tertiary/aromatic N) is 4. The Labute approximate surface area is 188 Å². The molecule has 1 amide bonds. The molecule has 1 aliphatic heterocycles. The quantitative estimate of drug-likeness (QED) is 0.452. The number of halogens is 1. The SMILES string of the molecule is CCn1c(COc2ccc(Br)cc2)nnc1SCC(=O)N1CCCc2ccccc21. The fourth-order valence-electron chi connectivity index (χ4n) is 3.53. The third kappa shape index (κ3) is 4.70. The second kappa shape index (κ2) is 9.66. The number of aryl methyl sites for hydroxylation is 1. The predicted octanol–water partition coefficient (Wildman–Crippen LogP) is 4.71. The van der Waals surface area contributed by atoms with Crippen LogP contribution in [0.25, 0.3) is 0 Å². The first-order chi connectivity index (χ1) is 14.7. The maximum atomic E-state index is 12.9. The van der Waals surface area contributed by atoms with Crippen LogP contribution in [-0.4, -0.2) is 33.0 Å². The van der Waals surface area contributed by atoms with Gasteiger partial charge in [0.2, 0.25) is 5.91 Å². The molecule has 1 aromatic heterocycles. The van der Waals surface area contributed by atoms with E-state index in [0.29, 0.717) is 12.4 Å². The number of para-hydroxylation sites is 1. The van der Waals surface area contributed by atoms with E-state index in [4.69, 9.17) is 4.74 Å². The standard InChI is InChI=1S/C22H23BrN4O2S/c1-2-26-20(14-29-18-11-9-17(23)10-12-18)24-25-22(26)30-15-21(28)27-13-5-7-16-6-3-4-8-19(16)27/h3-4,6,8-12H,2,5,7,13-15H2,1H3. The smallest absolute Gasteiger partial charge is 0.237 e. The van der Waals surface area contributed by atoms with Gasteiger partial charge in [-0.15, -0.1) is 10.2 Å². The van der Waals surface area contributed by atoms with Crippen molar-refractivity contribution >= 4 is 39.3 Å². The molecule has 0 atom stereocenters. The van der Waals surface area contributed by atoms with E-state index in [1.54, 1.807) is 0 Å². The summed E-state index contributed by atoms with van der Waals surface area (Å²) in [5.41, 5.74) is 2.28. The lowest BCUT2D eigenvalue weighted by molar-refractivity contribution is -0.116. The molecule has 3 aromatic rings. The van der Waals surface area contributed by atoms with E-state index < -0.39 is 0 Å². The average Bonchev–Trinajstić information content (AvgIpc) is 3.18. The normalized spacial score (nSPS) is 13.2. The molecule has 0 fully saturated rings. The number of rotatable bonds is 7. The van der Waals surface area contributed by atoms with Gasteiger partial charge in [0.05, 0.1) is 5.75 Å². The van der Waals surface area contributed by atoms with E-state index in [0.717, 1.165) is 52.8 Å². The van der Waals surface area contributed by atoms with Crippen molar-refractivity contribution in [2.75, 3.05) is 17.2 Å². The molecule has 1 aliphatic rings. The van der Waals surface area contributed by atoms with Gasteiger partial charge in [-0.2, -0.15) is 0 Å². The monoisotopic (exact) mass is 486 g/mol. The fourth-order valence-corrected chi connectivity index (χ4v) is 4.69. The summed E-state index contributed by atoms with van der Waals surface area (Å²) in [4.78, 5) is 14.8. The van der Waals surface area contributed by atoms with Gasteiger partial charge >= 0.3 is 0 Å². The molecule has 0 N–H and O–H groups in total. The molecule has 0 saturated heterocycles. The zero-order valence-corrected chi connectivity index (χ0v) is 19.2. The van der Waals surface area contributed by atoms with Crippen molar-refractivity contribution in [3.63, 3.8) is 0 Å². The number of fused-ring (bicyclic) bond motifs is 1. The maximum absolute atomic E-state index is 12.9. The highest BCUT2D eigenvalue weighted by Gasteiger charge is 2.23. The molecule has 156 valence electrons. The number of hydrogen-bond acceptors (Lipinski definition) is 5. The molecule has 0 aliphatic carbocycles. The van der Waals surface area contributed by atoms with E-state index in [1.165, 1.54) is 17.3 Å². The first-order valence-corrected chi connectivity index (χ1v) is 11.7. The van der Waals surface area contributed by atoms with Crippen LogP contribution in [0.1, 0.15) is 24.7 Å². The number of thioether (sulfide) groups is 1. The van der Waals surface area contributed by atoms with Crippen molar-refractivity contribution < 1.29 is 9.53 Å². The van der Waals surface area contributed by atoms with E-state index >= 15 is 0 Å².